The van der Waals surface area contributed by atoms with E-state index >= 15 is 0 Å². The van der Waals surface area contributed by atoms with E-state index < -0.39 is 5.97 Å². The number of aromatic carboxylic acids is 1. The first-order valence-electron chi connectivity index (χ1n) is 7.81. The fraction of sp³-hybridized carbons (Fsp3) is 0.467. The number of carbonyl (C=O) groups excluding carboxylic acids is 1. The second-order valence-electron chi connectivity index (χ2n) is 5.63. The van der Waals surface area contributed by atoms with Gasteiger partial charge in [0.15, 0.2) is 11.3 Å². The minimum absolute atomic E-state index is 0.0197. The van der Waals surface area contributed by atoms with Crippen LogP contribution in [0.3, 0.4) is 0 Å². The van der Waals surface area contributed by atoms with E-state index in [0.717, 1.165) is 0 Å². The number of aromatic nitrogens is 3. The van der Waals surface area contributed by atoms with E-state index in [-0.39, 0.29) is 23.5 Å². The molecular formula is C15H19N5O4. The lowest BCUT2D eigenvalue weighted by molar-refractivity contribution is -0.148. The molecule has 0 aromatic carbocycles. The summed E-state index contributed by atoms with van der Waals surface area (Å²) in [5.41, 5.74) is 6.51. The molecule has 128 valence electrons. The Bertz CT molecular complexity index is 780. The van der Waals surface area contributed by atoms with Crippen molar-refractivity contribution in [2.45, 2.75) is 19.8 Å². The van der Waals surface area contributed by atoms with E-state index in [2.05, 4.69) is 10.1 Å². The lowest BCUT2D eigenvalue weighted by atomic mass is 9.96. The Balaban J connectivity index is 1.87. The van der Waals surface area contributed by atoms with Crippen molar-refractivity contribution in [2.75, 3.05) is 30.3 Å². The highest BCUT2D eigenvalue weighted by Crippen LogP contribution is 2.28. The van der Waals surface area contributed by atoms with Gasteiger partial charge in [-0.15, -0.1) is 5.10 Å². The van der Waals surface area contributed by atoms with Crippen molar-refractivity contribution >= 4 is 29.2 Å². The van der Waals surface area contributed by atoms with Gasteiger partial charge < -0.3 is 20.5 Å². The predicted molar refractivity (Wildman–Crippen MR) is 85.9 cm³/mol. The van der Waals surface area contributed by atoms with Crippen LogP contribution in [0.4, 0.5) is 11.6 Å². The Morgan fingerprint density at radius 1 is 1.38 bits per heavy atom. The quantitative estimate of drug-likeness (QED) is 0.787. The monoisotopic (exact) mass is 333 g/mol. The van der Waals surface area contributed by atoms with Gasteiger partial charge in [-0.1, -0.05) is 0 Å². The number of pyridine rings is 1. The number of nitrogens with two attached hydrogens (primary N) is 1. The summed E-state index contributed by atoms with van der Waals surface area (Å²) in [6.45, 7) is 3.29. The Morgan fingerprint density at radius 2 is 2.08 bits per heavy atom. The van der Waals surface area contributed by atoms with Gasteiger partial charge >= 0.3 is 11.9 Å². The van der Waals surface area contributed by atoms with E-state index in [4.69, 9.17) is 10.5 Å². The highest BCUT2D eigenvalue weighted by molar-refractivity contribution is 5.93. The number of nitrogens with zero attached hydrogens (tertiary/aromatic N) is 4. The molecule has 24 heavy (non-hydrogen) atoms. The second-order valence-corrected chi connectivity index (χ2v) is 5.63. The third kappa shape index (κ3) is 2.84. The summed E-state index contributed by atoms with van der Waals surface area (Å²) in [5.74, 6) is -1.40. The van der Waals surface area contributed by atoms with Crippen molar-refractivity contribution in [3.63, 3.8) is 0 Å². The highest BCUT2D eigenvalue weighted by atomic mass is 16.5. The van der Waals surface area contributed by atoms with Gasteiger partial charge in [0, 0.05) is 13.1 Å². The number of hydrogen-bond donors (Lipinski definition) is 2. The zero-order valence-electron chi connectivity index (χ0n) is 13.3. The molecule has 1 saturated heterocycles. The summed E-state index contributed by atoms with van der Waals surface area (Å²) in [5, 5.41) is 13.5. The van der Waals surface area contributed by atoms with Gasteiger partial charge in [0.1, 0.15) is 0 Å². The van der Waals surface area contributed by atoms with Crippen molar-refractivity contribution in [1.82, 2.24) is 14.6 Å². The fourth-order valence-corrected chi connectivity index (χ4v) is 3.03. The standard InChI is InChI=1S/C15H19N5O4/c1-2-24-14(23)9-5-7-19(8-6-9)10-3-4-11-17-15(16)18-20(11)12(10)13(21)22/h3-4,9H,2,5-8H2,1H3,(H2,16,18)(H,21,22). The molecule has 0 atom stereocenters. The van der Waals surface area contributed by atoms with Crippen molar-refractivity contribution in [3.05, 3.63) is 17.8 Å². The maximum Gasteiger partial charge on any atom is 0.356 e. The first kappa shape index (κ1) is 16.0. The van der Waals surface area contributed by atoms with Gasteiger partial charge in [-0.05, 0) is 31.9 Å². The molecule has 0 amide bonds. The Hall–Kier alpha value is -2.84. The second kappa shape index (κ2) is 6.34. The fourth-order valence-electron chi connectivity index (χ4n) is 3.03. The number of fused-ring (bicyclic) bond motifs is 1. The molecule has 1 fully saturated rings. The van der Waals surface area contributed by atoms with Crippen molar-refractivity contribution < 1.29 is 19.4 Å². The molecule has 3 heterocycles. The first-order chi connectivity index (χ1) is 11.5. The van der Waals surface area contributed by atoms with E-state index in [0.29, 0.717) is 43.9 Å². The number of carbonyl (C=O) groups is 2. The summed E-state index contributed by atoms with van der Waals surface area (Å²) >= 11 is 0. The lowest BCUT2D eigenvalue weighted by Crippen LogP contribution is -2.38. The van der Waals surface area contributed by atoms with Gasteiger partial charge in [0.2, 0.25) is 5.95 Å². The number of carboxylic acids is 1. The van der Waals surface area contributed by atoms with Gasteiger partial charge in [0.05, 0.1) is 18.2 Å². The SMILES string of the molecule is CCOC(=O)C1CCN(c2ccc3nc(N)nn3c2C(=O)O)CC1. The molecule has 1 aliphatic rings. The van der Waals surface area contributed by atoms with Gasteiger partial charge in [-0.2, -0.15) is 4.98 Å². The molecule has 9 nitrogen and oxygen atoms in total. The van der Waals surface area contributed by atoms with E-state index in [1.165, 1.54) is 4.52 Å². The molecule has 0 aliphatic carbocycles. The third-order valence-corrected chi connectivity index (χ3v) is 4.15. The number of piperidine rings is 1. The molecule has 9 heteroatoms. The van der Waals surface area contributed by atoms with Crippen LogP contribution >= 0.6 is 0 Å². The number of hydrogen-bond acceptors (Lipinski definition) is 7. The van der Waals surface area contributed by atoms with Crippen LogP contribution in [-0.2, 0) is 9.53 Å². The predicted octanol–water partition coefficient (Wildman–Crippen LogP) is 0.789. The minimum atomic E-state index is -1.10. The number of nitrogen functional groups attached to an aromatic ring is 1. The summed E-state index contributed by atoms with van der Waals surface area (Å²) in [6.07, 6.45) is 1.24. The van der Waals surface area contributed by atoms with Crippen molar-refractivity contribution in [2.24, 2.45) is 5.92 Å². The highest BCUT2D eigenvalue weighted by Gasteiger charge is 2.29. The Kier molecular flexibility index (Phi) is 4.24. The number of rotatable bonds is 4. The van der Waals surface area contributed by atoms with Crippen molar-refractivity contribution in [1.29, 1.82) is 0 Å². The molecule has 0 saturated carbocycles. The zero-order chi connectivity index (χ0) is 17.3. The molecule has 1 aliphatic heterocycles. The average molecular weight is 333 g/mol. The summed E-state index contributed by atoms with van der Waals surface area (Å²) in [7, 11) is 0. The molecule has 3 rings (SSSR count). The lowest BCUT2D eigenvalue weighted by Gasteiger charge is -2.33. The molecule has 0 spiro atoms. The first-order valence-corrected chi connectivity index (χ1v) is 7.81. The summed E-state index contributed by atoms with van der Waals surface area (Å²) in [6, 6.07) is 3.39. The normalized spacial score (nSPS) is 15.6. The maximum absolute atomic E-state index is 11.8. The molecule has 0 unspecified atom stereocenters. The smallest absolute Gasteiger partial charge is 0.356 e. The Labute approximate surface area is 138 Å². The van der Waals surface area contributed by atoms with Crippen LogP contribution in [0.5, 0.6) is 0 Å². The van der Waals surface area contributed by atoms with Crippen molar-refractivity contribution in [3.8, 4) is 0 Å². The molecular weight excluding hydrogens is 314 g/mol. The summed E-state index contributed by atoms with van der Waals surface area (Å²) in [4.78, 5) is 29.5. The largest absolute Gasteiger partial charge is 0.476 e. The van der Waals surface area contributed by atoms with Crippen LogP contribution in [-0.4, -0.2) is 51.3 Å². The van der Waals surface area contributed by atoms with E-state index in [1.807, 2.05) is 4.90 Å². The van der Waals surface area contributed by atoms with Crippen LogP contribution in [0.2, 0.25) is 0 Å². The van der Waals surface area contributed by atoms with Gasteiger partial charge in [-0.3, -0.25) is 4.79 Å². The number of anilines is 2. The van der Waals surface area contributed by atoms with Crippen LogP contribution in [0.1, 0.15) is 30.3 Å². The van der Waals surface area contributed by atoms with Crippen LogP contribution in [0.15, 0.2) is 12.1 Å². The zero-order valence-corrected chi connectivity index (χ0v) is 13.3. The molecule has 3 N–H and O–H groups in total. The number of carboxylic acid groups (broad SMARTS) is 1. The van der Waals surface area contributed by atoms with Crippen LogP contribution in [0.25, 0.3) is 5.65 Å². The molecule has 2 aromatic heterocycles. The minimum Gasteiger partial charge on any atom is -0.476 e. The summed E-state index contributed by atoms with van der Waals surface area (Å²) < 4.78 is 6.30. The topological polar surface area (TPSA) is 123 Å². The van der Waals surface area contributed by atoms with Crippen LogP contribution < -0.4 is 10.6 Å². The maximum atomic E-state index is 11.8. The molecule has 0 radical (unpaired) electrons. The van der Waals surface area contributed by atoms with Gasteiger partial charge in [0.25, 0.3) is 0 Å². The van der Waals surface area contributed by atoms with Crippen LogP contribution in [0, 0.1) is 5.92 Å². The Morgan fingerprint density at radius 3 is 2.71 bits per heavy atom. The van der Waals surface area contributed by atoms with E-state index in [1.54, 1.807) is 19.1 Å². The number of ether oxygens (including phenoxy) is 1. The number of esters is 1. The molecule has 2 aromatic rings. The van der Waals surface area contributed by atoms with Gasteiger partial charge in [-0.25, -0.2) is 9.31 Å². The van der Waals surface area contributed by atoms with E-state index in [9.17, 15) is 14.7 Å². The molecule has 0 bridgehead atoms. The third-order valence-electron chi connectivity index (χ3n) is 4.15. The average Bonchev–Trinajstić information content (AvgIpc) is 2.94.